The molecular weight excluding hydrogens is 260 g/mol. The molecule has 0 aliphatic carbocycles. The largest absolute Gasteiger partial charge is 0.497 e. The molecule has 0 radical (unpaired) electrons. The van der Waals surface area contributed by atoms with E-state index in [0.717, 1.165) is 16.9 Å². The average molecular weight is 280 g/mol. The first-order chi connectivity index (χ1) is 10.3. The summed E-state index contributed by atoms with van der Waals surface area (Å²) < 4.78 is 10.6. The van der Waals surface area contributed by atoms with E-state index in [1.807, 2.05) is 66.8 Å². The molecular formula is C19H20O2. The van der Waals surface area contributed by atoms with Crippen LogP contribution in [0.3, 0.4) is 0 Å². The van der Waals surface area contributed by atoms with Gasteiger partial charge in [0.25, 0.3) is 0 Å². The molecule has 2 nitrogen and oxygen atoms in total. The molecule has 1 atom stereocenters. The summed E-state index contributed by atoms with van der Waals surface area (Å²) >= 11 is 0. The lowest BCUT2D eigenvalue weighted by molar-refractivity contribution is 0.143. The number of rotatable bonds is 6. The van der Waals surface area contributed by atoms with Crippen LogP contribution in [0.15, 0.2) is 72.8 Å². The van der Waals surface area contributed by atoms with Gasteiger partial charge < -0.3 is 9.47 Å². The van der Waals surface area contributed by atoms with Crippen LogP contribution in [-0.4, -0.2) is 14.2 Å². The third-order valence-electron chi connectivity index (χ3n) is 3.18. The van der Waals surface area contributed by atoms with Crippen molar-refractivity contribution in [1.82, 2.24) is 0 Å². The number of hydrogen-bond acceptors (Lipinski definition) is 2. The summed E-state index contributed by atoms with van der Waals surface area (Å²) in [6, 6.07) is 18.1. The van der Waals surface area contributed by atoms with Gasteiger partial charge in [-0.15, -0.1) is 0 Å². The average Bonchev–Trinajstić information content (AvgIpc) is 2.56. The molecule has 2 heteroatoms. The first-order valence-corrected chi connectivity index (χ1v) is 6.90. The highest BCUT2D eigenvalue weighted by atomic mass is 16.5. The summed E-state index contributed by atoms with van der Waals surface area (Å²) in [6.07, 6.45) is 8.08. The fourth-order valence-corrected chi connectivity index (χ4v) is 2.02. The normalized spacial score (nSPS) is 12.9. The van der Waals surface area contributed by atoms with Gasteiger partial charge in [-0.1, -0.05) is 66.8 Å². The molecule has 0 saturated heterocycles. The molecule has 2 aromatic rings. The minimum atomic E-state index is -0.0216. The fourth-order valence-electron chi connectivity index (χ4n) is 2.02. The first-order valence-electron chi connectivity index (χ1n) is 6.90. The highest BCUT2D eigenvalue weighted by molar-refractivity contribution is 5.52. The zero-order valence-electron chi connectivity index (χ0n) is 12.4. The maximum atomic E-state index is 5.48. The van der Waals surface area contributed by atoms with Crippen molar-refractivity contribution in [2.45, 2.75) is 6.10 Å². The van der Waals surface area contributed by atoms with Gasteiger partial charge in [0, 0.05) is 7.11 Å². The third kappa shape index (κ3) is 4.62. The number of hydrogen-bond donors (Lipinski definition) is 0. The van der Waals surface area contributed by atoms with Crippen molar-refractivity contribution in [1.29, 1.82) is 0 Å². The zero-order chi connectivity index (χ0) is 14.9. The molecule has 0 N–H and O–H groups in total. The van der Waals surface area contributed by atoms with E-state index in [1.165, 1.54) is 0 Å². The number of ether oxygens (including phenoxy) is 2. The first kappa shape index (κ1) is 15.1. The van der Waals surface area contributed by atoms with Gasteiger partial charge in [-0.25, -0.2) is 0 Å². The van der Waals surface area contributed by atoms with Crippen LogP contribution >= 0.6 is 0 Å². The summed E-state index contributed by atoms with van der Waals surface area (Å²) in [4.78, 5) is 0. The van der Waals surface area contributed by atoms with Crippen molar-refractivity contribution in [2.24, 2.45) is 0 Å². The lowest BCUT2D eigenvalue weighted by Gasteiger charge is -2.10. The Kier molecular flexibility index (Phi) is 5.80. The quantitative estimate of drug-likeness (QED) is 0.717. The van der Waals surface area contributed by atoms with Crippen LogP contribution in [0.4, 0.5) is 0 Å². The van der Waals surface area contributed by atoms with Crippen molar-refractivity contribution in [3.63, 3.8) is 0 Å². The molecule has 0 saturated carbocycles. The van der Waals surface area contributed by atoms with Gasteiger partial charge in [0.1, 0.15) is 11.9 Å². The third-order valence-corrected chi connectivity index (χ3v) is 3.18. The Morgan fingerprint density at radius 3 is 2.19 bits per heavy atom. The summed E-state index contributed by atoms with van der Waals surface area (Å²) in [5.74, 6) is 0.867. The molecule has 0 bridgehead atoms. The second kappa shape index (κ2) is 8.08. The van der Waals surface area contributed by atoms with Gasteiger partial charge in [-0.05, 0) is 23.3 Å². The second-order valence-electron chi connectivity index (χ2n) is 4.58. The van der Waals surface area contributed by atoms with Gasteiger partial charge in [0.05, 0.1) is 7.11 Å². The highest BCUT2D eigenvalue weighted by Gasteiger charge is 2.03. The van der Waals surface area contributed by atoms with E-state index < -0.39 is 0 Å². The molecule has 0 fully saturated rings. The number of methoxy groups -OCH3 is 2. The predicted molar refractivity (Wildman–Crippen MR) is 87.4 cm³/mol. The Hall–Kier alpha value is -2.32. The van der Waals surface area contributed by atoms with E-state index in [-0.39, 0.29) is 6.10 Å². The van der Waals surface area contributed by atoms with Gasteiger partial charge in [0.2, 0.25) is 0 Å². The van der Waals surface area contributed by atoms with Gasteiger partial charge in [-0.2, -0.15) is 0 Å². The van der Waals surface area contributed by atoms with Crippen LogP contribution in [0.1, 0.15) is 17.2 Å². The van der Waals surface area contributed by atoms with E-state index in [2.05, 4.69) is 12.1 Å². The smallest absolute Gasteiger partial charge is 0.118 e. The molecule has 108 valence electrons. The Balaban J connectivity index is 1.98. The van der Waals surface area contributed by atoms with Gasteiger partial charge in [0.15, 0.2) is 0 Å². The van der Waals surface area contributed by atoms with E-state index >= 15 is 0 Å². The fraction of sp³-hybridized carbons (Fsp3) is 0.158. The van der Waals surface area contributed by atoms with E-state index in [0.29, 0.717) is 0 Å². The number of benzene rings is 2. The predicted octanol–water partition coefficient (Wildman–Crippen LogP) is 4.65. The minimum absolute atomic E-state index is 0.0216. The van der Waals surface area contributed by atoms with Crippen molar-refractivity contribution >= 4 is 6.08 Å². The standard InChI is InChI=1S/C19H20O2/c1-20-18-14-12-16(13-15-18)8-6-7-11-19(21-2)17-9-4-3-5-10-17/h3-15,19H,1-2H3/b8-6+,11-7+. The molecule has 0 aromatic heterocycles. The Bertz CT molecular complexity index is 583. The summed E-state index contributed by atoms with van der Waals surface area (Å²) in [5.41, 5.74) is 2.28. The Labute approximate surface area is 126 Å². The highest BCUT2D eigenvalue weighted by Crippen LogP contribution is 2.17. The van der Waals surface area contributed by atoms with E-state index in [1.54, 1.807) is 14.2 Å². The van der Waals surface area contributed by atoms with Crippen LogP contribution in [0.2, 0.25) is 0 Å². The molecule has 0 aliphatic rings. The maximum Gasteiger partial charge on any atom is 0.118 e. The monoisotopic (exact) mass is 280 g/mol. The number of allylic oxidation sites excluding steroid dienone is 2. The van der Waals surface area contributed by atoms with Gasteiger partial charge in [-0.3, -0.25) is 0 Å². The van der Waals surface area contributed by atoms with E-state index in [9.17, 15) is 0 Å². The molecule has 21 heavy (non-hydrogen) atoms. The summed E-state index contributed by atoms with van der Waals surface area (Å²) in [6.45, 7) is 0. The van der Waals surface area contributed by atoms with Crippen LogP contribution in [-0.2, 0) is 4.74 Å². The molecule has 0 aliphatic heterocycles. The maximum absolute atomic E-state index is 5.48. The molecule has 1 unspecified atom stereocenters. The van der Waals surface area contributed by atoms with Crippen LogP contribution in [0.5, 0.6) is 5.75 Å². The van der Waals surface area contributed by atoms with Crippen LogP contribution in [0.25, 0.3) is 6.08 Å². The lowest BCUT2D eigenvalue weighted by Crippen LogP contribution is -1.96. The minimum Gasteiger partial charge on any atom is -0.497 e. The Morgan fingerprint density at radius 2 is 1.57 bits per heavy atom. The van der Waals surface area contributed by atoms with Crippen molar-refractivity contribution in [3.05, 3.63) is 84.0 Å². The Morgan fingerprint density at radius 1 is 0.857 bits per heavy atom. The SMILES string of the molecule is COc1ccc(/C=C/C=C/C(OC)c2ccccc2)cc1. The molecule has 2 aromatic carbocycles. The van der Waals surface area contributed by atoms with Crippen molar-refractivity contribution in [2.75, 3.05) is 14.2 Å². The summed E-state index contributed by atoms with van der Waals surface area (Å²) in [5, 5.41) is 0. The molecule has 0 spiro atoms. The topological polar surface area (TPSA) is 18.5 Å². The van der Waals surface area contributed by atoms with Crippen LogP contribution < -0.4 is 4.74 Å². The molecule has 0 heterocycles. The van der Waals surface area contributed by atoms with Crippen molar-refractivity contribution < 1.29 is 9.47 Å². The van der Waals surface area contributed by atoms with Crippen LogP contribution in [0, 0.1) is 0 Å². The summed E-state index contributed by atoms with van der Waals surface area (Å²) in [7, 11) is 3.39. The second-order valence-corrected chi connectivity index (χ2v) is 4.58. The lowest BCUT2D eigenvalue weighted by atomic mass is 10.1. The molecule has 2 rings (SSSR count). The molecule has 0 amide bonds. The van der Waals surface area contributed by atoms with Crippen molar-refractivity contribution in [3.8, 4) is 5.75 Å². The van der Waals surface area contributed by atoms with E-state index in [4.69, 9.17) is 9.47 Å². The zero-order valence-corrected chi connectivity index (χ0v) is 12.4. The van der Waals surface area contributed by atoms with Gasteiger partial charge >= 0.3 is 0 Å².